The Morgan fingerprint density at radius 2 is 2.08 bits per heavy atom. The van der Waals surface area contributed by atoms with E-state index in [-0.39, 0.29) is 11.5 Å². The highest BCUT2D eigenvalue weighted by Crippen LogP contribution is 2.63. The molecule has 3 heteroatoms. The van der Waals surface area contributed by atoms with E-state index in [2.05, 4.69) is 19.9 Å². The normalized spacial score (nSPS) is 38.5. The van der Waals surface area contributed by atoms with Crippen molar-refractivity contribution >= 4 is 0 Å². The lowest BCUT2D eigenvalue weighted by atomic mass is 9.51. The number of aliphatic hydroxyl groups is 1. The van der Waals surface area contributed by atoms with Crippen molar-refractivity contribution < 1.29 is 14.9 Å². The Balaban J connectivity index is 1.65. The number of rotatable bonds is 5. The molecule has 1 aromatic rings. The third-order valence-electron chi connectivity index (χ3n) is 7.85. The number of phenolic OH excluding ortho intramolecular Hbond substituents is 1. The van der Waals surface area contributed by atoms with Crippen molar-refractivity contribution in [2.75, 3.05) is 13.2 Å². The van der Waals surface area contributed by atoms with Crippen molar-refractivity contribution in [3.05, 3.63) is 29.3 Å². The number of aryl methyl sites for hydroxylation is 1. The second-order valence-corrected chi connectivity index (χ2v) is 9.12. The molecule has 0 aromatic heterocycles. The number of phenols is 1. The van der Waals surface area contributed by atoms with Gasteiger partial charge in [0.1, 0.15) is 5.75 Å². The largest absolute Gasteiger partial charge is 0.508 e. The summed E-state index contributed by atoms with van der Waals surface area (Å²) in [5.74, 6) is 2.92. The SMILES string of the molecule is CCOCCC[C@H]1C[C@]2(C)[C@@H](O)CC[C@H]2[C@@H]2CCc3cc(O)ccc3[C@@H]12. The smallest absolute Gasteiger partial charge is 0.115 e. The molecule has 0 bridgehead atoms. The van der Waals surface area contributed by atoms with Gasteiger partial charge in [-0.2, -0.15) is 0 Å². The van der Waals surface area contributed by atoms with Crippen LogP contribution in [0.15, 0.2) is 18.2 Å². The van der Waals surface area contributed by atoms with E-state index in [4.69, 9.17) is 4.74 Å². The molecule has 0 spiro atoms. The summed E-state index contributed by atoms with van der Waals surface area (Å²) in [6.45, 7) is 6.04. The summed E-state index contributed by atoms with van der Waals surface area (Å²) in [6.07, 6.45) is 7.70. The molecule has 144 valence electrons. The maximum atomic E-state index is 10.8. The van der Waals surface area contributed by atoms with E-state index in [1.807, 2.05) is 12.1 Å². The Labute approximate surface area is 157 Å². The zero-order valence-corrected chi connectivity index (χ0v) is 16.3. The van der Waals surface area contributed by atoms with Crippen LogP contribution >= 0.6 is 0 Å². The second kappa shape index (κ2) is 7.16. The third kappa shape index (κ3) is 2.97. The summed E-state index contributed by atoms with van der Waals surface area (Å²) in [5, 5.41) is 20.7. The van der Waals surface area contributed by atoms with Crippen molar-refractivity contribution in [2.24, 2.45) is 23.2 Å². The van der Waals surface area contributed by atoms with Gasteiger partial charge in [-0.25, -0.2) is 0 Å². The van der Waals surface area contributed by atoms with Gasteiger partial charge in [-0.15, -0.1) is 0 Å². The molecule has 0 aliphatic heterocycles. The first-order valence-electron chi connectivity index (χ1n) is 10.6. The van der Waals surface area contributed by atoms with E-state index in [0.717, 1.165) is 38.9 Å². The highest BCUT2D eigenvalue weighted by Gasteiger charge is 2.57. The molecule has 6 atom stereocenters. The maximum Gasteiger partial charge on any atom is 0.115 e. The molecule has 2 fully saturated rings. The van der Waals surface area contributed by atoms with Gasteiger partial charge in [0, 0.05) is 13.2 Å². The van der Waals surface area contributed by atoms with Crippen LogP contribution in [0, 0.1) is 23.2 Å². The first-order valence-corrected chi connectivity index (χ1v) is 10.6. The highest BCUT2D eigenvalue weighted by atomic mass is 16.5. The summed E-state index contributed by atoms with van der Waals surface area (Å²) in [5.41, 5.74) is 2.92. The molecule has 1 aromatic carbocycles. The van der Waals surface area contributed by atoms with Crippen LogP contribution < -0.4 is 0 Å². The van der Waals surface area contributed by atoms with E-state index in [1.54, 1.807) is 0 Å². The minimum atomic E-state index is -0.135. The molecule has 2 N–H and O–H groups in total. The Morgan fingerprint density at radius 3 is 2.88 bits per heavy atom. The molecule has 2 saturated carbocycles. The van der Waals surface area contributed by atoms with Gasteiger partial charge in [0.2, 0.25) is 0 Å². The lowest BCUT2D eigenvalue weighted by molar-refractivity contribution is -0.0510. The summed E-state index contributed by atoms with van der Waals surface area (Å²) in [6, 6.07) is 6.04. The van der Waals surface area contributed by atoms with Gasteiger partial charge in [-0.3, -0.25) is 0 Å². The molecule has 4 rings (SSSR count). The Bertz CT molecular complexity index is 642. The first-order chi connectivity index (χ1) is 12.5. The Hall–Kier alpha value is -1.06. The second-order valence-electron chi connectivity index (χ2n) is 9.12. The number of fused-ring (bicyclic) bond motifs is 5. The van der Waals surface area contributed by atoms with Gasteiger partial charge in [-0.1, -0.05) is 13.0 Å². The van der Waals surface area contributed by atoms with Gasteiger partial charge >= 0.3 is 0 Å². The number of aromatic hydroxyl groups is 1. The van der Waals surface area contributed by atoms with E-state index in [1.165, 1.54) is 30.4 Å². The number of aliphatic hydroxyl groups excluding tert-OH is 1. The summed E-state index contributed by atoms with van der Waals surface area (Å²) in [7, 11) is 0. The fraction of sp³-hybridized carbons (Fsp3) is 0.739. The van der Waals surface area contributed by atoms with Crippen molar-refractivity contribution in [3.8, 4) is 5.75 Å². The van der Waals surface area contributed by atoms with Gasteiger partial charge in [-0.05, 0) is 104 Å². The summed E-state index contributed by atoms with van der Waals surface area (Å²) in [4.78, 5) is 0. The third-order valence-corrected chi connectivity index (χ3v) is 7.85. The average molecular weight is 359 g/mol. The quantitative estimate of drug-likeness (QED) is 0.753. The molecule has 0 heterocycles. The van der Waals surface area contributed by atoms with Gasteiger partial charge < -0.3 is 14.9 Å². The van der Waals surface area contributed by atoms with Gasteiger partial charge in [0.05, 0.1) is 6.10 Å². The maximum absolute atomic E-state index is 10.8. The molecule has 0 amide bonds. The minimum Gasteiger partial charge on any atom is -0.508 e. The van der Waals surface area contributed by atoms with Gasteiger partial charge in [0.25, 0.3) is 0 Å². The highest BCUT2D eigenvalue weighted by molar-refractivity contribution is 5.40. The molecule has 3 nitrogen and oxygen atoms in total. The molecule has 26 heavy (non-hydrogen) atoms. The number of ether oxygens (including phenoxy) is 1. The molecule has 0 unspecified atom stereocenters. The predicted octanol–water partition coefficient (Wildman–Crippen LogP) is 4.65. The topological polar surface area (TPSA) is 49.7 Å². The average Bonchev–Trinajstić information content (AvgIpc) is 2.93. The molecule has 0 saturated heterocycles. The number of hydrogen-bond acceptors (Lipinski definition) is 3. The first kappa shape index (κ1) is 18.3. The fourth-order valence-electron chi connectivity index (χ4n) is 6.72. The molecular weight excluding hydrogens is 324 g/mol. The zero-order valence-electron chi connectivity index (χ0n) is 16.3. The van der Waals surface area contributed by atoms with E-state index in [9.17, 15) is 10.2 Å². The van der Waals surface area contributed by atoms with Gasteiger partial charge in [0.15, 0.2) is 0 Å². The molecular formula is C23H34O3. The van der Waals surface area contributed by atoms with Crippen LogP contribution in [0.1, 0.15) is 69.4 Å². The lowest BCUT2D eigenvalue weighted by Gasteiger charge is -2.54. The van der Waals surface area contributed by atoms with E-state index in [0.29, 0.717) is 29.4 Å². The monoisotopic (exact) mass is 358 g/mol. The Kier molecular flexibility index (Phi) is 5.04. The standard InChI is InChI=1S/C23H34O3/c1-3-26-12-4-5-16-14-23(2)20(10-11-21(23)25)19-8-6-15-13-17(24)7-9-18(15)22(16)19/h7,9,13,16,19-22,24-25H,3-6,8,10-12,14H2,1-2H3/t16-,19-,20-,21-,22+,23-/m0/s1. The van der Waals surface area contributed by atoms with Crippen LogP contribution in [0.2, 0.25) is 0 Å². The number of benzene rings is 1. The minimum absolute atomic E-state index is 0.0892. The van der Waals surface area contributed by atoms with E-state index < -0.39 is 0 Å². The van der Waals surface area contributed by atoms with Crippen LogP contribution in [0.4, 0.5) is 0 Å². The summed E-state index contributed by atoms with van der Waals surface area (Å²) >= 11 is 0. The van der Waals surface area contributed by atoms with Crippen LogP contribution in [-0.4, -0.2) is 29.5 Å². The van der Waals surface area contributed by atoms with Crippen molar-refractivity contribution in [2.45, 2.75) is 70.8 Å². The lowest BCUT2D eigenvalue weighted by Crippen LogP contribution is -2.48. The summed E-state index contributed by atoms with van der Waals surface area (Å²) < 4.78 is 5.60. The fourth-order valence-corrected chi connectivity index (χ4v) is 6.72. The molecule has 3 aliphatic rings. The number of hydrogen-bond donors (Lipinski definition) is 2. The van der Waals surface area contributed by atoms with Crippen LogP contribution in [0.5, 0.6) is 5.75 Å². The van der Waals surface area contributed by atoms with Crippen LogP contribution in [-0.2, 0) is 11.2 Å². The predicted molar refractivity (Wildman–Crippen MR) is 103 cm³/mol. The van der Waals surface area contributed by atoms with Crippen molar-refractivity contribution in [3.63, 3.8) is 0 Å². The zero-order chi connectivity index (χ0) is 18.3. The Morgan fingerprint density at radius 1 is 1.23 bits per heavy atom. The molecule has 0 radical (unpaired) electrons. The van der Waals surface area contributed by atoms with E-state index >= 15 is 0 Å². The van der Waals surface area contributed by atoms with Crippen LogP contribution in [0.3, 0.4) is 0 Å². The van der Waals surface area contributed by atoms with Crippen molar-refractivity contribution in [1.82, 2.24) is 0 Å². The van der Waals surface area contributed by atoms with Crippen LogP contribution in [0.25, 0.3) is 0 Å². The van der Waals surface area contributed by atoms with Crippen molar-refractivity contribution in [1.29, 1.82) is 0 Å². The molecule has 3 aliphatic carbocycles.